The Bertz CT molecular complexity index is 1080. The molecule has 0 unspecified atom stereocenters. The summed E-state index contributed by atoms with van der Waals surface area (Å²) in [5, 5.41) is 12.8. The fourth-order valence-electron chi connectivity index (χ4n) is 2.94. The van der Waals surface area contributed by atoms with Crippen LogP contribution in [0.2, 0.25) is 0 Å². The van der Waals surface area contributed by atoms with Gasteiger partial charge in [-0.25, -0.2) is 13.2 Å². The fourth-order valence-corrected chi connectivity index (χ4v) is 4.33. The molecule has 1 aromatic heterocycles. The predicted octanol–water partition coefficient (Wildman–Crippen LogP) is 3.64. The third-order valence-electron chi connectivity index (χ3n) is 4.34. The average Bonchev–Trinajstić information content (AvgIpc) is 3.23. The number of hydrogen-bond donors (Lipinski definition) is 2. The number of carboxylic acid groups (broad SMARTS) is 1. The first-order valence-electron chi connectivity index (χ1n) is 8.91. The molecule has 0 aliphatic heterocycles. The number of halogens is 1. The molecule has 0 spiro atoms. The second kappa shape index (κ2) is 10.3. The molecule has 2 N–H and O–H groups in total. The number of likely N-dealkylation sites (N-methyl/N-ethyl adjacent to an activating group) is 1. The molecule has 0 saturated heterocycles. The molecule has 0 atom stereocenters. The molecular weight excluding hydrogens is 430 g/mol. The quantitative estimate of drug-likeness (QED) is 0.478. The fraction of sp³-hybridized carbons (Fsp3) is 0.190. The van der Waals surface area contributed by atoms with Gasteiger partial charge in [0.25, 0.3) is 0 Å². The topological polar surface area (TPSA) is 106 Å². The number of nitrogens with one attached hydrogen (secondary N) is 1. The molecule has 2 aromatic carbocycles. The predicted molar refractivity (Wildman–Crippen MR) is 115 cm³/mol. The molecule has 0 aliphatic carbocycles. The maximum Gasteiger partial charge on any atom is 0.339 e. The number of carbonyl (C=O) groups is 1. The van der Waals surface area contributed by atoms with Crippen LogP contribution in [0.25, 0.3) is 11.1 Å². The Morgan fingerprint density at radius 2 is 1.87 bits per heavy atom. The van der Waals surface area contributed by atoms with Gasteiger partial charge in [0.15, 0.2) is 9.84 Å². The highest BCUT2D eigenvalue weighted by atomic mass is 35.5. The Kier molecular flexibility index (Phi) is 8.05. The van der Waals surface area contributed by atoms with Gasteiger partial charge in [-0.05, 0) is 30.8 Å². The summed E-state index contributed by atoms with van der Waals surface area (Å²) in [5.41, 5.74) is 1.16. The molecule has 0 amide bonds. The minimum Gasteiger partial charge on any atom is -0.491 e. The van der Waals surface area contributed by atoms with E-state index in [-0.39, 0.29) is 40.8 Å². The van der Waals surface area contributed by atoms with Crippen LogP contribution in [0.5, 0.6) is 5.75 Å². The molecule has 0 aliphatic rings. The van der Waals surface area contributed by atoms with Crippen molar-refractivity contribution in [3.8, 4) is 16.9 Å². The van der Waals surface area contributed by atoms with E-state index in [0.29, 0.717) is 17.7 Å². The largest absolute Gasteiger partial charge is 0.491 e. The van der Waals surface area contributed by atoms with E-state index in [0.717, 1.165) is 0 Å². The van der Waals surface area contributed by atoms with Crippen LogP contribution in [-0.4, -0.2) is 39.7 Å². The third-order valence-corrected chi connectivity index (χ3v) is 6.02. The maximum absolute atomic E-state index is 12.8. The molecule has 30 heavy (non-hydrogen) atoms. The van der Waals surface area contributed by atoms with Crippen LogP contribution in [0.15, 0.2) is 70.4 Å². The van der Waals surface area contributed by atoms with Crippen LogP contribution in [-0.2, 0) is 15.6 Å². The van der Waals surface area contributed by atoms with Gasteiger partial charge in [-0.2, -0.15) is 0 Å². The van der Waals surface area contributed by atoms with Crippen LogP contribution in [0, 0.1) is 0 Å². The van der Waals surface area contributed by atoms with Crippen molar-refractivity contribution in [2.45, 2.75) is 10.6 Å². The van der Waals surface area contributed by atoms with Gasteiger partial charge >= 0.3 is 5.97 Å². The van der Waals surface area contributed by atoms with Crippen molar-refractivity contribution in [1.29, 1.82) is 0 Å². The number of rotatable bonds is 9. The molecule has 7 nitrogen and oxygen atoms in total. The van der Waals surface area contributed by atoms with E-state index in [1.807, 2.05) is 0 Å². The summed E-state index contributed by atoms with van der Waals surface area (Å²) in [4.78, 5) is 12.2. The molecule has 1 heterocycles. The Balaban J connectivity index is 0.00000320. The summed E-state index contributed by atoms with van der Waals surface area (Å²) < 4.78 is 36.5. The van der Waals surface area contributed by atoms with Gasteiger partial charge in [0, 0.05) is 17.7 Å². The lowest BCUT2D eigenvalue weighted by Gasteiger charge is -2.17. The zero-order valence-corrected chi connectivity index (χ0v) is 17.8. The van der Waals surface area contributed by atoms with Crippen LogP contribution in [0.3, 0.4) is 0 Å². The van der Waals surface area contributed by atoms with Gasteiger partial charge in [-0.3, -0.25) is 0 Å². The van der Waals surface area contributed by atoms with E-state index in [4.69, 9.17) is 9.15 Å². The van der Waals surface area contributed by atoms with E-state index >= 15 is 0 Å². The summed E-state index contributed by atoms with van der Waals surface area (Å²) in [5.74, 6) is -1.59. The van der Waals surface area contributed by atoms with Gasteiger partial charge in [0.1, 0.15) is 17.9 Å². The lowest BCUT2D eigenvalue weighted by molar-refractivity contribution is 0.0691. The number of aromatic carboxylic acids is 1. The molecular formula is C21H22ClNO6S. The van der Waals surface area contributed by atoms with E-state index in [1.165, 1.54) is 30.7 Å². The first-order valence-corrected chi connectivity index (χ1v) is 10.6. The molecule has 160 valence electrons. The summed E-state index contributed by atoms with van der Waals surface area (Å²) in [6.45, 7) is 0.715. The monoisotopic (exact) mass is 451 g/mol. The highest BCUT2D eigenvalue weighted by molar-refractivity contribution is 7.90. The number of furan rings is 1. The molecule has 0 bridgehead atoms. The second-order valence-corrected chi connectivity index (χ2v) is 8.31. The summed E-state index contributed by atoms with van der Waals surface area (Å²) in [6, 6.07) is 12.8. The van der Waals surface area contributed by atoms with Gasteiger partial charge < -0.3 is 19.6 Å². The van der Waals surface area contributed by atoms with E-state index in [9.17, 15) is 18.3 Å². The van der Waals surface area contributed by atoms with Gasteiger partial charge in [-0.1, -0.05) is 30.3 Å². The van der Waals surface area contributed by atoms with Crippen molar-refractivity contribution in [2.75, 3.05) is 20.2 Å². The van der Waals surface area contributed by atoms with Gasteiger partial charge in [0.2, 0.25) is 0 Å². The van der Waals surface area contributed by atoms with Gasteiger partial charge in [-0.15, -0.1) is 12.4 Å². The molecule has 0 fully saturated rings. The molecule has 3 rings (SSSR count). The summed E-state index contributed by atoms with van der Waals surface area (Å²) >= 11 is 0. The Morgan fingerprint density at radius 1 is 1.13 bits per heavy atom. The van der Waals surface area contributed by atoms with Crippen LogP contribution in [0.1, 0.15) is 15.9 Å². The average molecular weight is 452 g/mol. The zero-order chi connectivity index (χ0) is 20.9. The zero-order valence-electron chi connectivity index (χ0n) is 16.2. The Labute approximate surface area is 181 Å². The van der Waals surface area contributed by atoms with Crippen molar-refractivity contribution in [3.05, 3.63) is 72.2 Å². The van der Waals surface area contributed by atoms with Crippen LogP contribution >= 0.6 is 12.4 Å². The normalized spacial score (nSPS) is 11.0. The van der Waals surface area contributed by atoms with Crippen molar-refractivity contribution in [3.63, 3.8) is 0 Å². The molecule has 0 saturated carbocycles. The van der Waals surface area contributed by atoms with E-state index in [1.54, 1.807) is 37.4 Å². The van der Waals surface area contributed by atoms with Crippen LogP contribution < -0.4 is 10.1 Å². The van der Waals surface area contributed by atoms with Crippen molar-refractivity contribution in [1.82, 2.24) is 5.32 Å². The summed E-state index contributed by atoms with van der Waals surface area (Å²) in [7, 11) is -1.98. The minimum atomic E-state index is -3.73. The number of sulfone groups is 1. The number of ether oxygens (including phenoxy) is 1. The minimum absolute atomic E-state index is 0. The summed E-state index contributed by atoms with van der Waals surface area (Å²) in [6.07, 6.45) is 2.95. The molecule has 3 aromatic rings. The first-order chi connectivity index (χ1) is 13.9. The Morgan fingerprint density at radius 3 is 2.47 bits per heavy atom. The Hall–Kier alpha value is -2.81. The van der Waals surface area contributed by atoms with Crippen molar-refractivity contribution >= 4 is 28.2 Å². The van der Waals surface area contributed by atoms with Crippen molar-refractivity contribution < 1.29 is 27.5 Å². The highest BCUT2D eigenvalue weighted by Crippen LogP contribution is 2.37. The lowest BCUT2D eigenvalue weighted by atomic mass is 9.99. The lowest BCUT2D eigenvalue weighted by Crippen LogP contribution is -2.18. The number of carboxylic acids is 1. The standard InChI is InChI=1S/C21H21NO6S.ClH/c1-22-10-12-28-20-18(15-9-11-27-13-15)8-7-16(19(20)21(23)24)14-29(25,26)17-5-3-2-4-6-17;/h2-9,11,13,22H,10,12,14H2,1H3,(H,23,24);1H. The molecule has 9 heteroatoms. The maximum atomic E-state index is 12.8. The number of benzene rings is 2. The van der Waals surface area contributed by atoms with Crippen molar-refractivity contribution in [2.24, 2.45) is 0 Å². The SMILES string of the molecule is CNCCOc1c(-c2ccoc2)ccc(CS(=O)(=O)c2ccccc2)c1C(=O)O.Cl. The second-order valence-electron chi connectivity index (χ2n) is 6.32. The first kappa shape index (κ1) is 23.5. The van der Waals surface area contributed by atoms with Crippen LogP contribution in [0.4, 0.5) is 0 Å². The van der Waals surface area contributed by atoms with E-state index in [2.05, 4.69) is 5.32 Å². The number of hydrogen-bond acceptors (Lipinski definition) is 6. The molecule has 0 radical (unpaired) electrons. The third kappa shape index (κ3) is 5.21. The van der Waals surface area contributed by atoms with E-state index < -0.39 is 21.6 Å². The smallest absolute Gasteiger partial charge is 0.339 e. The highest BCUT2D eigenvalue weighted by Gasteiger charge is 2.26. The van der Waals surface area contributed by atoms with Gasteiger partial charge in [0.05, 0.1) is 23.2 Å².